The highest BCUT2D eigenvalue weighted by molar-refractivity contribution is 5.91. The molecule has 0 amide bonds. The molecule has 0 aliphatic rings. The Balaban J connectivity index is 2.86. The van der Waals surface area contributed by atoms with Crippen LogP contribution in [0.5, 0.6) is 0 Å². The van der Waals surface area contributed by atoms with Crippen molar-refractivity contribution in [2.24, 2.45) is 0 Å². The van der Waals surface area contributed by atoms with Crippen LogP contribution in [0.3, 0.4) is 0 Å². The molecule has 15 heavy (non-hydrogen) atoms. The zero-order valence-electron chi connectivity index (χ0n) is 8.06. The van der Waals surface area contributed by atoms with Crippen molar-refractivity contribution in [1.82, 2.24) is 0 Å². The molecule has 0 radical (unpaired) electrons. The maximum atomic E-state index is 12.2. The Morgan fingerprint density at radius 1 is 1.27 bits per heavy atom. The van der Waals surface area contributed by atoms with E-state index < -0.39 is 11.7 Å². The van der Waals surface area contributed by atoms with Crippen LogP contribution in [-0.4, -0.2) is 12.5 Å². The van der Waals surface area contributed by atoms with Crippen molar-refractivity contribution in [3.8, 4) is 0 Å². The second-order valence-electron chi connectivity index (χ2n) is 2.84. The summed E-state index contributed by atoms with van der Waals surface area (Å²) in [6.07, 6.45) is -4.34. The third kappa shape index (κ3) is 2.97. The third-order valence-corrected chi connectivity index (χ3v) is 1.76. The van der Waals surface area contributed by atoms with Crippen molar-refractivity contribution in [3.05, 3.63) is 35.4 Å². The molecule has 5 heteroatoms. The first-order valence-corrected chi connectivity index (χ1v) is 4.34. The average molecular weight is 217 g/mol. The molecule has 0 saturated heterocycles. The number of hydrogen-bond donors (Lipinski definition) is 1. The molecule has 82 valence electrons. The fraction of sp³-hybridized carbons (Fsp3) is 0.300. The maximum absolute atomic E-state index is 12.2. The Kier molecular flexibility index (Phi) is 3.34. The largest absolute Gasteiger partial charge is 0.478 e. The minimum atomic E-state index is -4.34. The molecule has 0 unspecified atom stereocenters. The van der Waals surface area contributed by atoms with Crippen molar-refractivity contribution in [2.75, 3.05) is 6.61 Å². The summed E-state index contributed by atoms with van der Waals surface area (Å²) in [5.74, 6) is -0.119. The first kappa shape index (κ1) is 11.6. The fourth-order valence-corrected chi connectivity index (χ4v) is 1.04. The molecular formula is C10H10F3NO. The molecule has 1 aromatic rings. The summed E-state index contributed by atoms with van der Waals surface area (Å²) in [4.78, 5) is 0. The quantitative estimate of drug-likeness (QED) is 0.599. The van der Waals surface area contributed by atoms with Crippen LogP contribution >= 0.6 is 0 Å². The van der Waals surface area contributed by atoms with Gasteiger partial charge in [-0.1, -0.05) is 0 Å². The lowest BCUT2D eigenvalue weighted by atomic mass is 10.1. The Morgan fingerprint density at radius 3 is 2.20 bits per heavy atom. The molecule has 2 nitrogen and oxygen atoms in total. The summed E-state index contributed by atoms with van der Waals surface area (Å²) in [6.45, 7) is 2.03. The Hall–Kier alpha value is -1.52. The van der Waals surface area contributed by atoms with Gasteiger partial charge in [0.25, 0.3) is 0 Å². The summed E-state index contributed by atoms with van der Waals surface area (Å²) in [5, 5.41) is 7.35. The van der Waals surface area contributed by atoms with Crippen LogP contribution in [0.1, 0.15) is 18.1 Å². The zero-order chi connectivity index (χ0) is 11.5. The third-order valence-electron chi connectivity index (χ3n) is 1.76. The molecule has 0 bridgehead atoms. The monoisotopic (exact) mass is 217 g/mol. The van der Waals surface area contributed by atoms with Gasteiger partial charge in [-0.3, -0.25) is 5.41 Å². The van der Waals surface area contributed by atoms with E-state index in [0.717, 1.165) is 12.1 Å². The van der Waals surface area contributed by atoms with Crippen LogP contribution in [-0.2, 0) is 10.9 Å². The Labute approximate surface area is 85.2 Å². The maximum Gasteiger partial charge on any atom is 0.416 e. The van der Waals surface area contributed by atoms with E-state index in [1.165, 1.54) is 12.1 Å². The van der Waals surface area contributed by atoms with E-state index in [9.17, 15) is 13.2 Å². The summed E-state index contributed by atoms with van der Waals surface area (Å²) in [7, 11) is 0. The van der Waals surface area contributed by atoms with Gasteiger partial charge in [-0.25, -0.2) is 0 Å². The van der Waals surface area contributed by atoms with Gasteiger partial charge in [0.05, 0.1) is 12.2 Å². The van der Waals surface area contributed by atoms with Crippen LogP contribution in [0.15, 0.2) is 24.3 Å². The number of benzene rings is 1. The van der Waals surface area contributed by atoms with Gasteiger partial charge in [-0.2, -0.15) is 13.2 Å². The Morgan fingerprint density at radius 2 is 1.80 bits per heavy atom. The molecule has 0 aromatic heterocycles. The highest BCUT2D eigenvalue weighted by Gasteiger charge is 2.30. The van der Waals surface area contributed by atoms with Gasteiger partial charge >= 0.3 is 6.18 Å². The number of alkyl halides is 3. The molecule has 0 atom stereocenters. The normalized spacial score (nSPS) is 11.2. The van der Waals surface area contributed by atoms with Gasteiger partial charge in [0, 0.05) is 5.56 Å². The minimum Gasteiger partial charge on any atom is -0.478 e. The van der Waals surface area contributed by atoms with E-state index in [1.807, 2.05) is 0 Å². The Bertz CT molecular complexity index is 343. The standard InChI is InChI=1S/C10H10F3NO/c1-2-15-9(14)7-3-5-8(6-4-7)10(11,12)13/h3-6,14H,2H2,1H3. The second-order valence-corrected chi connectivity index (χ2v) is 2.84. The van der Waals surface area contributed by atoms with Crippen molar-refractivity contribution in [2.45, 2.75) is 13.1 Å². The van der Waals surface area contributed by atoms with Crippen LogP contribution in [0.4, 0.5) is 13.2 Å². The SMILES string of the molecule is CCOC(=N)c1ccc(C(F)(F)F)cc1. The fourth-order valence-electron chi connectivity index (χ4n) is 1.04. The summed E-state index contributed by atoms with van der Waals surface area (Å²) < 4.78 is 41.4. The van der Waals surface area contributed by atoms with E-state index in [4.69, 9.17) is 10.1 Å². The highest BCUT2D eigenvalue weighted by atomic mass is 19.4. The van der Waals surface area contributed by atoms with Gasteiger partial charge in [-0.15, -0.1) is 0 Å². The van der Waals surface area contributed by atoms with E-state index >= 15 is 0 Å². The van der Waals surface area contributed by atoms with Crippen LogP contribution in [0, 0.1) is 5.41 Å². The predicted octanol–water partition coefficient (Wildman–Crippen LogP) is 3.07. The van der Waals surface area contributed by atoms with Crippen molar-refractivity contribution in [3.63, 3.8) is 0 Å². The van der Waals surface area contributed by atoms with Gasteiger partial charge in [0.15, 0.2) is 0 Å². The molecule has 1 N–H and O–H groups in total. The molecule has 0 saturated carbocycles. The van der Waals surface area contributed by atoms with Crippen LogP contribution < -0.4 is 0 Å². The number of hydrogen-bond acceptors (Lipinski definition) is 2. The van der Waals surface area contributed by atoms with Crippen molar-refractivity contribution in [1.29, 1.82) is 5.41 Å². The first-order valence-electron chi connectivity index (χ1n) is 4.34. The van der Waals surface area contributed by atoms with Crippen LogP contribution in [0.2, 0.25) is 0 Å². The minimum absolute atomic E-state index is 0.119. The van der Waals surface area contributed by atoms with Gasteiger partial charge in [0.2, 0.25) is 5.90 Å². The van der Waals surface area contributed by atoms with Crippen molar-refractivity contribution >= 4 is 5.90 Å². The summed E-state index contributed by atoms with van der Waals surface area (Å²) >= 11 is 0. The summed E-state index contributed by atoms with van der Waals surface area (Å²) in [5.41, 5.74) is -0.389. The average Bonchev–Trinajstić information content (AvgIpc) is 2.17. The lowest BCUT2D eigenvalue weighted by Gasteiger charge is -2.08. The van der Waals surface area contributed by atoms with Crippen LogP contribution in [0.25, 0.3) is 0 Å². The van der Waals surface area contributed by atoms with Crippen molar-refractivity contribution < 1.29 is 17.9 Å². The second kappa shape index (κ2) is 4.33. The molecule has 0 fully saturated rings. The number of halogens is 3. The molecule has 1 aromatic carbocycles. The number of nitrogens with one attached hydrogen (secondary N) is 1. The van der Waals surface area contributed by atoms with E-state index in [-0.39, 0.29) is 5.90 Å². The van der Waals surface area contributed by atoms with E-state index in [2.05, 4.69) is 0 Å². The lowest BCUT2D eigenvalue weighted by Crippen LogP contribution is -2.07. The smallest absolute Gasteiger partial charge is 0.416 e. The first-order chi connectivity index (χ1) is 6.95. The zero-order valence-corrected chi connectivity index (χ0v) is 8.06. The molecule has 0 aliphatic heterocycles. The highest BCUT2D eigenvalue weighted by Crippen LogP contribution is 2.29. The molecule has 0 spiro atoms. The van der Waals surface area contributed by atoms with Gasteiger partial charge in [0.1, 0.15) is 0 Å². The van der Waals surface area contributed by atoms with Gasteiger partial charge < -0.3 is 4.74 Å². The van der Waals surface area contributed by atoms with E-state index in [1.54, 1.807) is 6.92 Å². The lowest BCUT2D eigenvalue weighted by molar-refractivity contribution is -0.137. The summed E-state index contributed by atoms with van der Waals surface area (Å²) in [6, 6.07) is 4.31. The van der Waals surface area contributed by atoms with Gasteiger partial charge in [-0.05, 0) is 31.2 Å². The molecular weight excluding hydrogens is 207 g/mol. The molecule has 0 heterocycles. The number of rotatable bonds is 2. The van der Waals surface area contributed by atoms with E-state index in [0.29, 0.717) is 12.2 Å². The topological polar surface area (TPSA) is 33.1 Å². The number of ether oxygens (including phenoxy) is 1. The molecule has 1 rings (SSSR count). The predicted molar refractivity (Wildman–Crippen MR) is 49.9 cm³/mol. The molecule has 0 aliphatic carbocycles.